The van der Waals surface area contributed by atoms with Crippen LogP contribution >= 0.6 is 23.1 Å². The Balaban J connectivity index is 1.33. The van der Waals surface area contributed by atoms with Gasteiger partial charge in [0.15, 0.2) is 11.5 Å². The molecule has 3 aromatic rings. The van der Waals surface area contributed by atoms with Crippen molar-refractivity contribution >= 4 is 39.2 Å². The second-order valence-electron chi connectivity index (χ2n) is 7.30. The summed E-state index contributed by atoms with van der Waals surface area (Å²) in [4.78, 5) is 21.5. The average molecular weight is 428 g/mol. The van der Waals surface area contributed by atoms with Gasteiger partial charge in [-0.15, -0.1) is 11.3 Å². The van der Waals surface area contributed by atoms with E-state index in [1.165, 1.54) is 11.8 Å². The van der Waals surface area contributed by atoms with Crippen LogP contribution in [-0.4, -0.2) is 34.8 Å². The van der Waals surface area contributed by atoms with Gasteiger partial charge in [0.2, 0.25) is 5.91 Å². The van der Waals surface area contributed by atoms with Gasteiger partial charge in [-0.3, -0.25) is 4.79 Å². The van der Waals surface area contributed by atoms with Crippen LogP contribution in [0.25, 0.3) is 10.2 Å². The Morgan fingerprint density at radius 2 is 1.97 bits per heavy atom. The molecule has 5 rings (SSSR count). The molecule has 0 radical (unpaired) electrons. The first-order valence-corrected chi connectivity index (χ1v) is 11.6. The van der Waals surface area contributed by atoms with Crippen molar-refractivity contribution in [1.82, 2.24) is 15.3 Å². The Labute approximate surface area is 177 Å². The fraction of sp³-hybridized carbons (Fsp3) is 0.381. The summed E-state index contributed by atoms with van der Waals surface area (Å²) in [5.41, 5.74) is 1.69. The molecule has 0 spiro atoms. The van der Waals surface area contributed by atoms with E-state index >= 15 is 0 Å². The zero-order valence-electron chi connectivity index (χ0n) is 15.8. The molecule has 0 unspecified atom stereocenters. The lowest BCUT2D eigenvalue weighted by molar-refractivity contribution is -0.120. The topological polar surface area (TPSA) is 73.3 Å². The second-order valence-corrected chi connectivity index (χ2v) is 9.18. The molecule has 2 aromatic heterocycles. The number of hydrogen-bond donors (Lipinski definition) is 1. The van der Waals surface area contributed by atoms with Gasteiger partial charge in [0, 0.05) is 0 Å². The number of aromatic nitrogens is 2. The molecule has 0 saturated heterocycles. The minimum atomic E-state index is -0.336. The summed E-state index contributed by atoms with van der Waals surface area (Å²) in [7, 11) is 0. The van der Waals surface area contributed by atoms with E-state index < -0.39 is 0 Å². The first kappa shape index (κ1) is 18.7. The monoisotopic (exact) mass is 427 g/mol. The van der Waals surface area contributed by atoms with Crippen LogP contribution in [0.15, 0.2) is 41.0 Å². The lowest BCUT2D eigenvalue weighted by Crippen LogP contribution is -2.44. The number of hydrogen-bond acceptors (Lipinski definition) is 7. The molecule has 150 valence electrons. The highest BCUT2D eigenvalue weighted by molar-refractivity contribution is 8.00. The standard InChI is InChI=1S/C21H21N3O3S2/c25-18(12-29-20-19-15(5-10-28-19)22-13-23-20)24-21(6-1-2-7-21)14-3-4-16-17(11-14)27-9-8-26-16/h3-5,10-11,13H,1-2,6-9,12H2,(H,24,25). The van der Waals surface area contributed by atoms with Gasteiger partial charge in [-0.05, 0) is 42.0 Å². The van der Waals surface area contributed by atoms with Crippen LogP contribution in [0.3, 0.4) is 0 Å². The van der Waals surface area contributed by atoms with Gasteiger partial charge in [0.25, 0.3) is 0 Å². The van der Waals surface area contributed by atoms with Gasteiger partial charge in [-0.2, -0.15) is 0 Å². The van der Waals surface area contributed by atoms with Crippen LogP contribution in [-0.2, 0) is 10.3 Å². The number of rotatable bonds is 5. The van der Waals surface area contributed by atoms with Crippen molar-refractivity contribution < 1.29 is 14.3 Å². The van der Waals surface area contributed by atoms with Crippen molar-refractivity contribution in [2.45, 2.75) is 36.2 Å². The van der Waals surface area contributed by atoms with Crippen molar-refractivity contribution in [2.24, 2.45) is 0 Å². The van der Waals surface area contributed by atoms with Crippen LogP contribution in [0.2, 0.25) is 0 Å². The number of thiophene rings is 1. The first-order chi connectivity index (χ1) is 14.2. The molecule has 0 atom stereocenters. The Morgan fingerprint density at radius 3 is 2.83 bits per heavy atom. The minimum absolute atomic E-state index is 0.0232. The highest BCUT2D eigenvalue weighted by Gasteiger charge is 2.37. The largest absolute Gasteiger partial charge is 0.486 e. The molecule has 1 aliphatic heterocycles. The molecule has 1 fully saturated rings. The summed E-state index contributed by atoms with van der Waals surface area (Å²) in [6, 6.07) is 8.03. The lowest BCUT2D eigenvalue weighted by Gasteiger charge is -2.32. The van der Waals surface area contributed by atoms with Crippen LogP contribution in [0.1, 0.15) is 31.2 Å². The molecule has 2 aliphatic rings. The summed E-state index contributed by atoms with van der Waals surface area (Å²) in [5, 5.41) is 6.19. The molecule has 1 aromatic carbocycles. The molecule has 1 amide bonds. The van der Waals surface area contributed by atoms with Crippen LogP contribution in [0.5, 0.6) is 11.5 Å². The van der Waals surface area contributed by atoms with E-state index in [0.29, 0.717) is 19.0 Å². The Morgan fingerprint density at radius 1 is 1.14 bits per heavy atom. The van der Waals surface area contributed by atoms with Crippen molar-refractivity contribution in [1.29, 1.82) is 0 Å². The van der Waals surface area contributed by atoms with E-state index in [0.717, 1.165) is 58.0 Å². The maximum atomic E-state index is 12.9. The summed E-state index contributed by atoms with van der Waals surface area (Å²) in [6.07, 6.45) is 5.63. The molecular weight excluding hydrogens is 406 g/mol. The first-order valence-electron chi connectivity index (χ1n) is 9.76. The minimum Gasteiger partial charge on any atom is -0.486 e. The smallest absolute Gasteiger partial charge is 0.231 e. The van der Waals surface area contributed by atoms with E-state index in [2.05, 4.69) is 21.4 Å². The van der Waals surface area contributed by atoms with Crippen LogP contribution < -0.4 is 14.8 Å². The average Bonchev–Trinajstić information content (AvgIpc) is 3.42. The predicted molar refractivity (Wildman–Crippen MR) is 114 cm³/mol. The van der Waals surface area contributed by atoms with Crippen LogP contribution in [0, 0.1) is 0 Å². The molecule has 1 N–H and O–H groups in total. The zero-order chi connectivity index (χ0) is 19.7. The number of carbonyl (C=O) groups excluding carboxylic acids is 1. The van der Waals surface area contributed by atoms with Gasteiger partial charge in [0.05, 0.1) is 21.5 Å². The predicted octanol–water partition coefficient (Wildman–Crippen LogP) is 4.14. The van der Waals surface area contributed by atoms with Crippen molar-refractivity contribution in [3.63, 3.8) is 0 Å². The molecule has 1 aliphatic carbocycles. The maximum absolute atomic E-state index is 12.9. The lowest BCUT2D eigenvalue weighted by atomic mass is 9.87. The van der Waals surface area contributed by atoms with Crippen molar-refractivity contribution in [3.05, 3.63) is 41.5 Å². The Bertz CT molecular complexity index is 1050. The molecular formula is C21H21N3O3S2. The number of ether oxygens (including phenoxy) is 2. The number of fused-ring (bicyclic) bond motifs is 2. The maximum Gasteiger partial charge on any atom is 0.231 e. The number of amides is 1. The summed E-state index contributed by atoms with van der Waals surface area (Å²) in [5.74, 6) is 1.90. The summed E-state index contributed by atoms with van der Waals surface area (Å²) >= 11 is 3.07. The molecule has 0 bridgehead atoms. The van der Waals surface area contributed by atoms with Gasteiger partial charge in [0.1, 0.15) is 24.6 Å². The quantitative estimate of drug-likeness (QED) is 0.487. The van der Waals surface area contributed by atoms with Gasteiger partial charge < -0.3 is 14.8 Å². The highest BCUT2D eigenvalue weighted by Crippen LogP contribution is 2.42. The molecule has 29 heavy (non-hydrogen) atoms. The third kappa shape index (κ3) is 3.67. The normalized spacial score (nSPS) is 17.4. The third-order valence-electron chi connectivity index (χ3n) is 5.48. The van der Waals surface area contributed by atoms with E-state index in [9.17, 15) is 4.79 Å². The fourth-order valence-corrected chi connectivity index (χ4v) is 5.86. The van der Waals surface area contributed by atoms with Gasteiger partial charge in [-0.25, -0.2) is 9.97 Å². The SMILES string of the molecule is O=C(CSc1ncnc2ccsc12)NC1(c2ccc3c(c2)OCCO3)CCCC1. The van der Waals surface area contributed by atoms with Crippen molar-refractivity contribution in [3.8, 4) is 11.5 Å². The molecule has 8 heteroatoms. The van der Waals surface area contributed by atoms with E-state index in [1.54, 1.807) is 17.7 Å². The van der Waals surface area contributed by atoms with Crippen molar-refractivity contribution in [2.75, 3.05) is 19.0 Å². The molecule has 1 saturated carbocycles. The van der Waals surface area contributed by atoms with E-state index in [4.69, 9.17) is 9.47 Å². The van der Waals surface area contributed by atoms with Gasteiger partial charge in [-0.1, -0.05) is 30.7 Å². The number of carbonyl (C=O) groups is 1. The number of thioether (sulfide) groups is 1. The summed E-state index contributed by atoms with van der Waals surface area (Å²) in [6.45, 7) is 1.13. The Hall–Kier alpha value is -2.32. The number of nitrogens with one attached hydrogen (secondary N) is 1. The number of nitrogens with zero attached hydrogens (tertiary/aromatic N) is 2. The van der Waals surface area contributed by atoms with E-state index in [-0.39, 0.29) is 11.4 Å². The molecule has 6 nitrogen and oxygen atoms in total. The fourth-order valence-electron chi connectivity index (χ4n) is 4.11. The highest BCUT2D eigenvalue weighted by atomic mass is 32.2. The molecule has 3 heterocycles. The number of benzene rings is 1. The third-order valence-corrected chi connectivity index (χ3v) is 7.51. The zero-order valence-corrected chi connectivity index (χ0v) is 17.5. The summed E-state index contributed by atoms with van der Waals surface area (Å²) < 4.78 is 12.4. The van der Waals surface area contributed by atoms with Gasteiger partial charge >= 0.3 is 0 Å². The van der Waals surface area contributed by atoms with Crippen LogP contribution in [0.4, 0.5) is 0 Å². The second kappa shape index (κ2) is 7.84. The van der Waals surface area contributed by atoms with E-state index in [1.807, 2.05) is 23.6 Å². The Kier molecular flexibility index (Phi) is 5.05.